The Morgan fingerprint density at radius 2 is 1.97 bits per heavy atom. The molecule has 34 heavy (non-hydrogen) atoms. The van der Waals surface area contributed by atoms with Gasteiger partial charge in [0.25, 0.3) is 5.56 Å². The van der Waals surface area contributed by atoms with Crippen LogP contribution in [0.5, 0.6) is 5.75 Å². The Morgan fingerprint density at radius 1 is 1.21 bits per heavy atom. The van der Waals surface area contributed by atoms with Gasteiger partial charge in [0.1, 0.15) is 11.8 Å². The molecule has 2 heterocycles. The number of allylic oxidation sites excluding steroid dienone is 1. The van der Waals surface area contributed by atoms with Gasteiger partial charge in [-0.3, -0.25) is 9.36 Å². The minimum Gasteiger partial charge on any atom is -0.496 e. The van der Waals surface area contributed by atoms with E-state index < -0.39 is 12.0 Å². The van der Waals surface area contributed by atoms with E-state index in [2.05, 4.69) is 15.9 Å². The first-order valence-corrected chi connectivity index (χ1v) is 12.7. The number of hydrogen-bond acceptors (Lipinski definition) is 6. The molecule has 0 bridgehead atoms. The first-order chi connectivity index (χ1) is 16.5. The predicted octanol–water partition coefficient (Wildman–Crippen LogP) is 4.35. The number of halogens is 1. The molecule has 1 aliphatic rings. The first kappa shape index (κ1) is 24.2. The van der Waals surface area contributed by atoms with Crippen molar-refractivity contribution in [1.82, 2.24) is 4.57 Å². The summed E-state index contributed by atoms with van der Waals surface area (Å²) in [5.41, 5.74) is 2.41. The van der Waals surface area contributed by atoms with Crippen LogP contribution < -0.4 is 19.6 Å². The van der Waals surface area contributed by atoms with Crippen LogP contribution in [0.15, 0.2) is 74.1 Å². The number of esters is 1. The van der Waals surface area contributed by atoms with E-state index in [0.29, 0.717) is 38.3 Å². The van der Waals surface area contributed by atoms with Crippen molar-refractivity contribution in [2.75, 3.05) is 13.7 Å². The quantitative estimate of drug-likeness (QED) is 0.417. The second-order valence-electron chi connectivity index (χ2n) is 7.71. The number of aromatic nitrogens is 1. The van der Waals surface area contributed by atoms with Crippen molar-refractivity contribution in [1.29, 1.82) is 0 Å². The number of carbonyl (C=O) groups excluding carboxylic acids is 1. The van der Waals surface area contributed by atoms with Crippen LogP contribution in [0.3, 0.4) is 0 Å². The fourth-order valence-electron chi connectivity index (χ4n) is 4.03. The molecule has 3 aromatic rings. The van der Waals surface area contributed by atoms with Gasteiger partial charge in [-0.15, -0.1) is 0 Å². The maximum atomic E-state index is 13.7. The molecule has 1 aromatic heterocycles. The van der Waals surface area contributed by atoms with Crippen molar-refractivity contribution in [3.05, 3.63) is 95.1 Å². The molecule has 0 aliphatic carbocycles. The summed E-state index contributed by atoms with van der Waals surface area (Å²) in [5.74, 6) is 0.101. The van der Waals surface area contributed by atoms with Crippen molar-refractivity contribution < 1.29 is 14.3 Å². The van der Waals surface area contributed by atoms with Gasteiger partial charge in [-0.2, -0.15) is 0 Å². The molecule has 4 rings (SSSR count). The molecule has 1 atom stereocenters. The molecule has 0 spiro atoms. The summed E-state index contributed by atoms with van der Waals surface area (Å²) in [7, 11) is 1.58. The third-order valence-electron chi connectivity index (χ3n) is 5.48. The molecule has 0 N–H and O–H groups in total. The largest absolute Gasteiger partial charge is 0.496 e. The van der Waals surface area contributed by atoms with E-state index >= 15 is 0 Å². The Hall–Kier alpha value is -2.97. The lowest BCUT2D eigenvalue weighted by molar-refractivity contribution is -0.139. The molecule has 8 heteroatoms. The third kappa shape index (κ3) is 4.65. The highest BCUT2D eigenvalue weighted by Gasteiger charge is 2.36. The number of hydrogen-bond donors (Lipinski definition) is 0. The molecular formula is C26H25BrN2O4S. The number of fused-ring (bicyclic) bond motifs is 1. The average molecular weight is 541 g/mol. The number of benzene rings is 2. The normalized spacial score (nSPS) is 15.6. The van der Waals surface area contributed by atoms with E-state index in [1.807, 2.05) is 61.5 Å². The number of rotatable bonds is 7. The van der Waals surface area contributed by atoms with Crippen LogP contribution in [0.2, 0.25) is 0 Å². The maximum Gasteiger partial charge on any atom is 0.338 e. The summed E-state index contributed by atoms with van der Waals surface area (Å²) < 4.78 is 14.0. The molecule has 0 fully saturated rings. The van der Waals surface area contributed by atoms with Crippen molar-refractivity contribution in [2.45, 2.75) is 32.7 Å². The SMILES string of the molecule is CCCC1=C(C(=O)OCC)[C@H](c2cc(Br)ccc2OC)n2c(s/c(=C/c3ccccc3)c2=O)=N1. The van der Waals surface area contributed by atoms with Crippen LogP contribution in [-0.2, 0) is 9.53 Å². The van der Waals surface area contributed by atoms with Gasteiger partial charge in [-0.25, -0.2) is 9.79 Å². The first-order valence-electron chi connectivity index (χ1n) is 11.1. The smallest absolute Gasteiger partial charge is 0.338 e. The molecule has 0 saturated heterocycles. The molecule has 0 unspecified atom stereocenters. The number of carbonyl (C=O) groups is 1. The Balaban J connectivity index is 2.06. The topological polar surface area (TPSA) is 69.9 Å². The standard InChI is InChI=1S/C26H25BrN2O4S/c1-4-9-19-22(25(31)33-5-2)23(18-15-17(27)12-13-20(18)32-3)29-24(30)21(34-26(29)28-19)14-16-10-7-6-8-11-16/h6-8,10-15,23H,4-5,9H2,1-3H3/b21-14+/t23-/m0/s1. The summed E-state index contributed by atoms with van der Waals surface area (Å²) in [4.78, 5) is 32.3. The van der Waals surface area contributed by atoms with E-state index in [1.54, 1.807) is 18.6 Å². The summed E-state index contributed by atoms with van der Waals surface area (Å²) in [6, 6.07) is 14.5. The van der Waals surface area contributed by atoms with Gasteiger partial charge in [0.2, 0.25) is 0 Å². The molecule has 0 saturated carbocycles. The van der Waals surface area contributed by atoms with Crippen molar-refractivity contribution in [3.63, 3.8) is 0 Å². The van der Waals surface area contributed by atoms with E-state index in [-0.39, 0.29) is 12.2 Å². The molecule has 6 nitrogen and oxygen atoms in total. The van der Waals surface area contributed by atoms with Gasteiger partial charge >= 0.3 is 5.97 Å². The Morgan fingerprint density at radius 3 is 2.65 bits per heavy atom. The minimum absolute atomic E-state index is 0.211. The van der Waals surface area contributed by atoms with Crippen LogP contribution in [0.25, 0.3) is 6.08 Å². The number of ether oxygens (including phenoxy) is 2. The summed E-state index contributed by atoms with van der Waals surface area (Å²) >= 11 is 4.85. The van der Waals surface area contributed by atoms with Crippen molar-refractivity contribution >= 4 is 39.3 Å². The van der Waals surface area contributed by atoms with Gasteiger partial charge in [0.15, 0.2) is 4.80 Å². The summed E-state index contributed by atoms with van der Waals surface area (Å²) in [6.45, 7) is 4.02. The fraction of sp³-hybridized carbons (Fsp3) is 0.269. The van der Waals surface area contributed by atoms with Gasteiger partial charge in [0.05, 0.1) is 29.5 Å². The van der Waals surface area contributed by atoms with Crippen LogP contribution in [0.1, 0.15) is 43.9 Å². The Labute approximate surface area is 210 Å². The number of thiazole rings is 1. The fourth-order valence-corrected chi connectivity index (χ4v) is 5.43. The maximum absolute atomic E-state index is 13.7. The van der Waals surface area contributed by atoms with E-state index in [4.69, 9.17) is 14.5 Å². The predicted molar refractivity (Wildman–Crippen MR) is 137 cm³/mol. The average Bonchev–Trinajstić information content (AvgIpc) is 3.13. The van der Waals surface area contributed by atoms with E-state index in [1.165, 1.54) is 11.3 Å². The zero-order chi connectivity index (χ0) is 24.2. The summed E-state index contributed by atoms with van der Waals surface area (Å²) in [5, 5.41) is 0. The molecule has 2 aromatic carbocycles. The van der Waals surface area contributed by atoms with Crippen LogP contribution in [0, 0.1) is 0 Å². The number of nitrogens with zero attached hydrogens (tertiary/aromatic N) is 2. The zero-order valence-electron chi connectivity index (χ0n) is 19.2. The third-order valence-corrected chi connectivity index (χ3v) is 6.95. The van der Waals surface area contributed by atoms with Gasteiger partial charge in [-0.05, 0) is 43.2 Å². The van der Waals surface area contributed by atoms with Gasteiger partial charge in [-0.1, -0.05) is 70.9 Å². The lowest BCUT2D eigenvalue weighted by Gasteiger charge is -2.27. The van der Waals surface area contributed by atoms with Crippen molar-refractivity contribution in [3.8, 4) is 5.75 Å². The second kappa shape index (κ2) is 10.5. The highest BCUT2D eigenvalue weighted by molar-refractivity contribution is 9.10. The van der Waals surface area contributed by atoms with Crippen molar-refractivity contribution in [2.24, 2.45) is 4.99 Å². The highest BCUT2D eigenvalue weighted by atomic mass is 79.9. The minimum atomic E-state index is -0.720. The van der Waals surface area contributed by atoms with Crippen LogP contribution in [0.4, 0.5) is 0 Å². The zero-order valence-corrected chi connectivity index (χ0v) is 21.6. The van der Waals surface area contributed by atoms with Gasteiger partial charge < -0.3 is 9.47 Å². The van der Waals surface area contributed by atoms with E-state index in [9.17, 15) is 9.59 Å². The highest BCUT2D eigenvalue weighted by Crippen LogP contribution is 2.38. The molecular weight excluding hydrogens is 516 g/mol. The van der Waals surface area contributed by atoms with Crippen LogP contribution >= 0.6 is 27.3 Å². The Bertz CT molecular complexity index is 1420. The molecule has 0 radical (unpaired) electrons. The monoisotopic (exact) mass is 540 g/mol. The van der Waals surface area contributed by atoms with E-state index in [0.717, 1.165) is 16.5 Å². The summed E-state index contributed by atoms with van der Waals surface area (Å²) in [6.07, 6.45) is 3.24. The molecule has 1 aliphatic heterocycles. The van der Waals surface area contributed by atoms with Gasteiger partial charge in [0, 0.05) is 10.0 Å². The lowest BCUT2D eigenvalue weighted by atomic mass is 9.93. The van der Waals surface area contributed by atoms with Crippen LogP contribution in [-0.4, -0.2) is 24.3 Å². The number of methoxy groups -OCH3 is 1. The molecule has 176 valence electrons. The second-order valence-corrected chi connectivity index (χ2v) is 9.64. The molecule has 0 amide bonds. The lowest BCUT2D eigenvalue weighted by Crippen LogP contribution is -2.40. The Kier molecular flexibility index (Phi) is 7.48.